The third kappa shape index (κ3) is 2.77. The van der Waals surface area contributed by atoms with Crippen molar-refractivity contribution in [1.82, 2.24) is 0 Å². The number of aryl methyl sites for hydroxylation is 2. The first-order valence-corrected chi connectivity index (χ1v) is 6.16. The van der Waals surface area contributed by atoms with Gasteiger partial charge in [0, 0.05) is 5.69 Å². The van der Waals surface area contributed by atoms with E-state index in [1.807, 2.05) is 50.2 Å². The van der Waals surface area contributed by atoms with Gasteiger partial charge in [0.1, 0.15) is 5.75 Å². The van der Waals surface area contributed by atoms with E-state index in [1.54, 1.807) is 7.11 Å². The molecule has 0 aromatic heterocycles. The van der Waals surface area contributed by atoms with Gasteiger partial charge in [0.15, 0.2) is 0 Å². The molecule has 0 amide bonds. The summed E-state index contributed by atoms with van der Waals surface area (Å²) in [7, 11) is 1.67. The first-order chi connectivity index (χ1) is 8.60. The van der Waals surface area contributed by atoms with Crippen molar-refractivity contribution in [2.45, 2.75) is 13.8 Å². The smallest absolute Gasteiger partial charge is 0.119 e. The molecule has 0 spiro atoms. The van der Waals surface area contributed by atoms with Crippen LogP contribution in [-0.4, -0.2) is 7.11 Å². The molecular weight excluding hydrogens is 246 g/mol. The number of ether oxygens (including phenoxy) is 1. The summed E-state index contributed by atoms with van der Waals surface area (Å²) in [5.41, 5.74) is 4.21. The van der Waals surface area contributed by atoms with Crippen LogP contribution in [0.4, 0.5) is 11.4 Å². The zero-order chi connectivity index (χ0) is 13.1. The van der Waals surface area contributed by atoms with Gasteiger partial charge in [-0.3, -0.25) is 0 Å². The van der Waals surface area contributed by atoms with Gasteiger partial charge in [0.2, 0.25) is 0 Å². The lowest BCUT2D eigenvalue weighted by Crippen LogP contribution is -1.95. The summed E-state index contributed by atoms with van der Waals surface area (Å²) in [6.07, 6.45) is 0. The van der Waals surface area contributed by atoms with Gasteiger partial charge in [0.05, 0.1) is 17.8 Å². The fraction of sp³-hybridized carbons (Fsp3) is 0.200. The lowest BCUT2D eigenvalue weighted by atomic mass is 10.1. The molecule has 0 saturated heterocycles. The summed E-state index contributed by atoms with van der Waals surface area (Å²) in [6.45, 7) is 4.06. The van der Waals surface area contributed by atoms with Crippen molar-refractivity contribution in [2.75, 3.05) is 12.4 Å². The van der Waals surface area contributed by atoms with Gasteiger partial charge in [-0.25, -0.2) is 0 Å². The second-order valence-electron chi connectivity index (χ2n) is 4.29. The zero-order valence-corrected chi connectivity index (χ0v) is 11.5. The second-order valence-corrected chi connectivity index (χ2v) is 4.70. The Kier molecular flexibility index (Phi) is 3.78. The van der Waals surface area contributed by atoms with E-state index in [9.17, 15) is 0 Å². The van der Waals surface area contributed by atoms with Crippen LogP contribution in [0.15, 0.2) is 36.4 Å². The van der Waals surface area contributed by atoms with E-state index in [4.69, 9.17) is 16.3 Å². The molecule has 1 N–H and O–H groups in total. The number of anilines is 2. The molecule has 0 heterocycles. The van der Waals surface area contributed by atoms with E-state index in [0.29, 0.717) is 0 Å². The Bertz CT molecular complexity index is 566. The molecule has 0 fully saturated rings. The Morgan fingerprint density at radius 3 is 2.33 bits per heavy atom. The molecule has 0 bridgehead atoms. The third-order valence-electron chi connectivity index (χ3n) is 2.83. The van der Waals surface area contributed by atoms with Crippen LogP contribution >= 0.6 is 11.6 Å². The number of methoxy groups -OCH3 is 1. The minimum atomic E-state index is 0.727. The van der Waals surface area contributed by atoms with Crippen molar-refractivity contribution in [3.63, 3.8) is 0 Å². The van der Waals surface area contributed by atoms with Gasteiger partial charge in [-0.05, 0) is 55.3 Å². The summed E-state index contributed by atoms with van der Waals surface area (Å²) < 4.78 is 5.19. The highest BCUT2D eigenvalue weighted by Crippen LogP contribution is 2.29. The fourth-order valence-corrected chi connectivity index (χ4v) is 2.05. The van der Waals surface area contributed by atoms with Gasteiger partial charge >= 0.3 is 0 Å². The standard InChI is InChI=1S/C15H16ClNO/c1-10-4-6-15(13(16)8-10)17-14-7-5-12(18-3)9-11(14)2/h4-9,17H,1-3H3. The molecule has 0 aliphatic heterocycles. The van der Waals surface area contributed by atoms with Crippen molar-refractivity contribution in [1.29, 1.82) is 0 Å². The van der Waals surface area contributed by atoms with Gasteiger partial charge in [-0.2, -0.15) is 0 Å². The van der Waals surface area contributed by atoms with E-state index in [0.717, 1.165) is 33.3 Å². The highest BCUT2D eigenvalue weighted by molar-refractivity contribution is 6.33. The van der Waals surface area contributed by atoms with Crippen LogP contribution in [0.2, 0.25) is 5.02 Å². The second kappa shape index (κ2) is 5.32. The molecule has 18 heavy (non-hydrogen) atoms. The SMILES string of the molecule is COc1ccc(Nc2ccc(C)cc2Cl)c(C)c1. The molecule has 0 radical (unpaired) electrons. The molecule has 0 atom stereocenters. The molecule has 3 heteroatoms. The molecule has 0 aliphatic rings. The van der Waals surface area contributed by atoms with Crippen LogP contribution in [0.25, 0.3) is 0 Å². The molecule has 2 nitrogen and oxygen atoms in total. The Balaban J connectivity index is 2.28. The Labute approximate surface area is 113 Å². The Hall–Kier alpha value is -1.67. The first kappa shape index (κ1) is 12.8. The molecule has 2 rings (SSSR count). The van der Waals surface area contributed by atoms with E-state index in [2.05, 4.69) is 5.32 Å². The summed E-state index contributed by atoms with van der Waals surface area (Å²) >= 11 is 6.20. The topological polar surface area (TPSA) is 21.3 Å². The maximum absolute atomic E-state index is 6.20. The first-order valence-electron chi connectivity index (χ1n) is 5.78. The number of nitrogens with one attached hydrogen (secondary N) is 1. The van der Waals surface area contributed by atoms with Crippen molar-refractivity contribution in [3.05, 3.63) is 52.5 Å². The average molecular weight is 262 g/mol. The van der Waals surface area contributed by atoms with Gasteiger partial charge < -0.3 is 10.1 Å². The van der Waals surface area contributed by atoms with E-state index in [1.165, 1.54) is 0 Å². The molecule has 0 saturated carbocycles. The lowest BCUT2D eigenvalue weighted by molar-refractivity contribution is 0.414. The lowest BCUT2D eigenvalue weighted by Gasteiger charge is -2.12. The predicted molar refractivity (Wildman–Crippen MR) is 77.2 cm³/mol. The molecule has 2 aromatic carbocycles. The van der Waals surface area contributed by atoms with Crippen LogP contribution in [0, 0.1) is 13.8 Å². The minimum Gasteiger partial charge on any atom is -0.497 e. The number of benzene rings is 2. The maximum Gasteiger partial charge on any atom is 0.119 e. The van der Waals surface area contributed by atoms with Crippen LogP contribution < -0.4 is 10.1 Å². The summed E-state index contributed by atoms with van der Waals surface area (Å²) in [5, 5.41) is 4.06. The fourth-order valence-electron chi connectivity index (χ4n) is 1.77. The number of halogens is 1. The normalized spacial score (nSPS) is 10.2. The molecule has 94 valence electrons. The van der Waals surface area contributed by atoms with Crippen LogP contribution in [-0.2, 0) is 0 Å². The summed E-state index contributed by atoms with van der Waals surface area (Å²) in [5.74, 6) is 0.855. The number of hydrogen-bond donors (Lipinski definition) is 1. The Morgan fingerprint density at radius 1 is 1.00 bits per heavy atom. The predicted octanol–water partition coefficient (Wildman–Crippen LogP) is 4.71. The van der Waals surface area contributed by atoms with E-state index >= 15 is 0 Å². The van der Waals surface area contributed by atoms with Gasteiger partial charge in [-0.1, -0.05) is 17.7 Å². The third-order valence-corrected chi connectivity index (χ3v) is 3.14. The molecule has 2 aromatic rings. The number of rotatable bonds is 3. The average Bonchev–Trinajstić information content (AvgIpc) is 2.34. The monoisotopic (exact) mass is 261 g/mol. The van der Waals surface area contributed by atoms with Gasteiger partial charge in [0.25, 0.3) is 0 Å². The van der Waals surface area contributed by atoms with Crippen molar-refractivity contribution < 1.29 is 4.74 Å². The van der Waals surface area contributed by atoms with Crippen molar-refractivity contribution in [3.8, 4) is 5.75 Å². The van der Waals surface area contributed by atoms with Crippen molar-refractivity contribution >= 4 is 23.0 Å². The molecule has 0 aliphatic carbocycles. The highest BCUT2D eigenvalue weighted by Gasteiger charge is 2.04. The van der Waals surface area contributed by atoms with Crippen LogP contribution in [0.1, 0.15) is 11.1 Å². The molecule has 0 unspecified atom stereocenters. The maximum atomic E-state index is 6.20. The quantitative estimate of drug-likeness (QED) is 0.864. The number of hydrogen-bond acceptors (Lipinski definition) is 2. The summed E-state index contributed by atoms with van der Waals surface area (Å²) in [4.78, 5) is 0. The largest absolute Gasteiger partial charge is 0.497 e. The Morgan fingerprint density at radius 2 is 1.72 bits per heavy atom. The van der Waals surface area contributed by atoms with E-state index < -0.39 is 0 Å². The molecular formula is C15H16ClNO. The van der Waals surface area contributed by atoms with E-state index in [-0.39, 0.29) is 0 Å². The van der Waals surface area contributed by atoms with Gasteiger partial charge in [-0.15, -0.1) is 0 Å². The minimum absolute atomic E-state index is 0.727. The highest BCUT2D eigenvalue weighted by atomic mass is 35.5. The van der Waals surface area contributed by atoms with Crippen molar-refractivity contribution in [2.24, 2.45) is 0 Å². The zero-order valence-electron chi connectivity index (χ0n) is 10.8. The van der Waals surface area contributed by atoms with Crippen LogP contribution in [0.3, 0.4) is 0 Å². The van der Waals surface area contributed by atoms with Crippen LogP contribution in [0.5, 0.6) is 5.75 Å². The summed E-state index contributed by atoms with van der Waals surface area (Å²) in [6, 6.07) is 11.9.